The van der Waals surface area contributed by atoms with E-state index in [0.29, 0.717) is 13.2 Å². The van der Waals surface area contributed by atoms with Crippen molar-refractivity contribution in [3.8, 4) is 0 Å². The third-order valence-electron chi connectivity index (χ3n) is 3.50. The van der Waals surface area contributed by atoms with Gasteiger partial charge in [0.15, 0.2) is 11.0 Å². The molecule has 0 aliphatic heterocycles. The maximum absolute atomic E-state index is 8.73. The number of rotatable bonds is 6. The molecule has 2 aromatic rings. The van der Waals surface area contributed by atoms with Crippen molar-refractivity contribution in [2.75, 3.05) is 19.8 Å². The van der Waals surface area contributed by atoms with Gasteiger partial charge in [0.05, 0.1) is 26.4 Å². The number of aliphatic hydroxyl groups is 1. The molecule has 1 aromatic carbocycles. The van der Waals surface area contributed by atoms with E-state index >= 15 is 0 Å². The maximum Gasteiger partial charge on any atom is 0.254 e. The molecular weight excluding hydrogens is 240 g/mol. The highest BCUT2D eigenvalue weighted by Crippen LogP contribution is 2.16. The van der Waals surface area contributed by atoms with Gasteiger partial charge in [-0.15, -0.1) is 0 Å². The molecule has 0 amide bonds. The first-order valence-corrected chi connectivity index (χ1v) is 6.87. The average Bonchev–Trinajstić information content (AvgIpc) is 2.66. The lowest BCUT2D eigenvalue weighted by Gasteiger charge is -2.02. The summed E-state index contributed by atoms with van der Waals surface area (Å²) in [6, 6.07) is 6.56. The molecule has 1 heterocycles. The van der Waals surface area contributed by atoms with Gasteiger partial charge >= 0.3 is 0 Å². The zero-order chi connectivity index (χ0) is 13.8. The Hall–Kier alpha value is -1.39. The Morgan fingerprint density at radius 1 is 1.26 bits per heavy atom. The number of hydrogen-bond donors (Lipinski definition) is 1. The van der Waals surface area contributed by atoms with Crippen molar-refractivity contribution in [2.45, 2.75) is 33.9 Å². The number of aryl methyl sites for hydroxylation is 2. The molecule has 0 aliphatic carbocycles. The fraction of sp³-hybridized carbons (Fsp3) is 0.533. The minimum atomic E-state index is 0.0829. The highest BCUT2D eigenvalue weighted by atomic mass is 16.5. The van der Waals surface area contributed by atoms with Crippen LogP contribution in [0, 0.1) is 13.8 Å². The van der Waals surface area contributed by atoms with Crippen molar-refractivity contribution in [3.63, 3.8) is 0 Å². The van der Waals surface area contributed by atoms with E-state index in [-0.39, 0.29) is 6.61 Å². The van der Waals surface area contributed by atoms with Gasteiger partial charge in [-0.1, -0.05) is 6.07 Å². The van der Waals surface area contributed by atoms with Crippen LogP contribution in [0.2, 0.25) is 0 Å². The summed E-state index contributed by atoms with van der Waals surface area (Å²) in [5.74, 6) is 1.25. The van der Waals surface area contributed by atoms with Crippen LogP contribution in [0.5, 0.6) is 0 Å². The first kappa shape index (κ1) is 14.0. The van der Waals surface area contributed by atoms with Crippen molar-refractivity contribution in [2.24, 2.45) is 0 Å². The van der Waals surface area contributed by atoms with E-state index in [1.165, 1.54) is 22.4 Å². The zero-order valence-corrected chi connectivity index (χ0v) is 12.0. The number of hydrogen-bond acceptors (Lipinski definition) is 2. The van der Waals surface area contributed by atoms with E-state index in [1.807, 2.05) is 0 Å². The summed E-state index contributed by atoms with van der Waals surface area (Å²) < 4.78 is 9.99. The molecule has 0 saturated heterocycles. The molecular formula is C15H23N2O2+. The van der Waals surface area contributed by atoms with Gasteiger partial charge in [0.1, 0.15) is 6.54 Å². The van der Waals surface area contributed by atoms with Gasteiger partial charge in [-0.3, -0.25) is 0 Å². The molecule has 0 bridgehead atoms. The first-order chi connectivity index (χ1) is 9.19. The predicted octanol–water partition coefficient (Wildman–Crippen LogP) is 1.57. The number of fused-ring (bicyclic) bond motifs is 1. The van der Waals surface area contributed by atoms with Crippen LogP contribution in [0.25, 0.3) is 11.0 Å². The lowest BCUT2D eigenvalue weighted by atomic mass is 10.2. The molecule has 4 nitrogen and oxygen atoms in total. The number of ether oxygens (including phenoxy) is 1. The molecule has 2 rings (SSSR count). The Morgan fingerprint density at radius 3 is 2.74 bits per heavy atom. The van der Waals surface area contributed by atoms with Crippen molar-refractivity contribution in [3.05, 3.63) is 29.6 Å². The minimum absolute atomic E-state index is 0.0829. The SMILES string of the molecule is CCn1c(C)[n+](CCOCCO)c2ccc(C)cc21. The Morgan fingerprint density at radius 2 is 2.05 bits per heavy atom. The number of nitrogens with zero attached hydrogens (tertiary/aromatic N) is 2. The lowest BCUT2D eigenvalue weighted by Crippen LogP contribution is -2.38. The topological polar surface area (TPSA) is 38.3 Å². The van der Waals surface area contributed by atoms with E-state index in [1.54, 1.807) is 0 Å². The Bertz CT molecular complexity index is 561. The molecule has 0 aliphatic rings. The van der Waals surface area contributed by atoms with Crippen LogP contribution in [0.3, 0.4) is 0 Å². The van der Waals surface area contributed by atoms with Gasteiger partial charge in [0.25, 0.3) is 5.82 Å². The van der Waals surface area contributed by atoms with E-state index in [2.05, 4.69) is 48.1 Å². The minimum Gasteiger partial charge on any atom is -0.394 e. The van der Waals surface area contributed by atoms with Gasteiger partial charge in [-0.2, -0.15) is 0 Å². The lowest BCUT2D eigenvalue weighted by molar-refractivity contribution is -0.680. The third kappa shape index (κ3) is 2.80. The van der Waals surface area contributed by atoms with E-state index in [0.717, 1.165) is 13.1 Å². The normalized spacial score (nSPS) is 11.4. The maximum atomic E-state index is 8.73. The monoisotopic (exact) mass is 263 g/mol. The second kappa shape index (κ2) is 6.17. The second-order valence-corrected chi connectivity index (χ2v) is 4.77. The van der Waals surface area contributed by atoms with Crippen molar-refractivity contribution in [1.29, 1.82) is 0 Å². The number of imidazole rings is 1. The number of benzene rings is 1. The molecule has 0 fully saturated rings. The van der Waals surface area contributed by atoms with Crippen molar-refractivity contribution >= 4 is 11.0 Å². The van der Waals surface area contributed by atoms with Crippen molar-refractivity contribution < 1.29 is 14.4 Å². The Balaban J connectivity index is 2.34. The Labute approximate surface area is 114 Å². The molecule has 0 atom stereocenters. The number of aliphatic hydroxyl groups excluding tert-OH is 1. The molecule has 0 saturated carbocycles. The first-order valence-electron chi connectivity index (χ1n) is 6.87. The van der Waals surface area contributed by atoms with Gasteiger partial charge in [0.2, 0.25) is 0 Å². The summed E-state index contributed by atoms with van der Waals surface area (Å²) in [5.41, 5.74) is 3.81. The highest BCUT2D eigenvalue weighted by Gasteiger charge is 2.20. The summed E-state index contributed by atoms with van der Waals surface area (Å²) in [6.07, 6.45) is 0. The summed E-state index contributed by atoms with van der Waals surface area (Å²) in [6.45, 7) is 9.34. The molecule has 4 heteroatoms. The fourth-order valence-corrected chi connectivity index (χ4v) is 2.58. The van der Waals surface area contributed by atoms with Crippen LogP contribution in [0.1, 0.15) is 18.3 Å². The van der Waals surface area contributed by atoms with E-state index < -0.39 is 0 Å². The Kier molecular flexibility index (Phi) is 4.56. The van der Waals surface area contributed by atoms with Gasteiger partial charge in [-0.25, -0.2) is 9.13 Å². The standard InChI is InChI=1S/C15H23N2O2/c1-4-16-13(3)17(7-9-19-10-8-18)14-6-5-12(2)11-15(14)16/h5-6,11,18H,4,7-10H2,1-3H3/q+1. The number of aromatic nitrogens is 2. The van der Waals surface area contributed by atoms with E-state index in [4.69, 9.17) is 9.84 Å². The largest absolute Gasteiger partial charge is 0.394 e. The van der Waals surface area contributed by atoms with Gasteiger partial charge in [0, 0.05) is 6.92 Å². The van der Waals surface area contributed by atoms with Crippen LogP contribution in [0.4, 0.5) is 0 Å². The van der Waals surface area contributed by atoms with Crippen molar-refractivity contribution in [1.82, 2.24) is 4.57 Å². The highest BCUT2D eigenvalue weighted by molar-refractivity contribution is 5.73. The van der Waals surface area contributed by atoms with E-state index in [9.17, 15) is 0 Å². The average molecular weight is 263 g/mol. The predicted molar refractivity (Wildman–Crippen MR) is 75.2 cm³/mol. The molecule has 104 valence electrons. The van der Waals surface area contributed by atoms with Crippen LogP contribution in [-0.2, 0) is 17.8 Å². The molecule has 1 N–H and O–H groups in total. The quantitative estimate of drug-likeness (QED) is 0.634. The third-order valence-corrected chi connectivity index (χ3v) is 3.50. The molecule has 0 radical (unpaired) electrons. The van der Waals surface area contributed by atoms with Crippen LogP contribution in [0.15, 0.2) is 18.2 Å². The smallest absolute Gasteiger partial charge is 0.254 e. The molecule has 0 unspecified atom stereocenters. The summed E-state index contributed by atoms with van der Waals surface area (Å²) >= 11 is 0. The summed E-state index contributed by atoms with van der Waals surface area (Å²) in [5, 5.41) is 8.73. The van der Waals surface area contributed by atoms with Gasteiger partial charge in [-0.05, 0) is 31.5 Å². The molecule has 0 spiro atoms. The fourth-order valence-electron chi connectivity index (χ4n) is 2.58. The summed E-state index contributed by atoms with van der Waals surface area (Å²) in [4.78, 5) is 0. The molecule has 19 heavy (non-hydrogen) atoms. The van der Waals surface area contributed by atoms with Gasteiger partial charge < -0.3 is 9.84 Å². The second-order valence-electron chi connectivity index (χ2n) is 4.77. The van der Waals surface area contributed by atoms with Crippen LogP contribution < -0.4 is 4.57 Å². The van der Waals surface area contributed by atoms with Crippen LogP contribution >= 0.6 is 0 Å². The molecule has 1 aromatic heterocycles. The van der Waals surface area contributed by atoms with Crippen LogP contribution in [-0.4, -0.2) is 29.5 Å². The summed E-state index contributed by atoms with van der Waals surface area (Å²) in [7, 11) is 0. The zero-order valence-electron chi connectivity index (χ0n) is 12.0.